The van der Waals surface area contributed by atoms with Gasteiger partial charge in [0.15, 0.2) is 0 Å². The van der Waals surface area contributed by atoms with Gasteiger partial charge >= 0.3 is 0 Å². The fraction of sp³-hybridized carbons (Fsp3) is 0.857. The van der Waals surface area contributed by atoms with Crippen LogP contribution in [0.1, 0.15) is 26.2 Å². The molecule has 50 valence electrons. The van der Waals surface area contributed by atoms with Gasteiger partial charge in [-0.25, -0.2) is 0 Å². The Labute approximate surface area is 60.6 Å². The molecule has 0 bridgehead atoms. The van der Waals surface area contributed by atoms with E-state index < -0.39 is 0 Å². The smallest absolute Gasteiger partial charge is 0.0687 e. The van der Waals surface area contributed by atoms with Crippen molar-refractivity contribution in [3.8, 4) is 6.07 Å². The van der Waals surface area contributed by atoms with Crippen molar-refractivity contribution < 1.29 is 0 Å². The van der Waals surface area contributed by atoms with Crippen molar-refractivity contribution in [2.45, 2.75) is 31.6 Å². The highest BCUT2D eigenvalue weighted by Gasteiger charge is 2.33. The summed E-state index contributed by atoms with van der Waals surface area (Å²) >= 11 is 5.82. The first kappa shape index (κ1) is 6.89. The second kappa shape index (κ2) is 2.19. The van der Waals surface area contributed by atoms with E-state index in [1.54, 1.807) is 0 Å². The van der Waals surface area contributed by atoms with E-state index >= 15 is 0 Å². The van der Waals surface area contributed by atoms with E-state index in [1.165, 1.54) is 0 Å². The zero-order valence-corrected chi connectivity index (χ0v) is 6.28. The summed E-state index contributed by atoms with van der Waals surface area (Å²) in [6.07, 6.45) is 2.84. The van der Waals surface area contributed by atoms with E-state index in [9.17, 15) is 0 Å². The van der Waals surface area contributed by atoms with Gasteiger partial charge in [0.05, 0.1) is 11.5 Å². The molecule has 2 atom stereocenters. The van der Waals surface area contributed by atoms with Gasteiger partial charge in [0.2, 0.25) is 0 Å². The Hall–Kier alpha value is -0.220. The molecule has 0 spiro atoms. The van der Waals surface area contributed by atoms with Crippen LogP contribution in [0, 0.1) is 16.7 Å². The molecular formula is C7H10ClN. The van der Waals surface area contributed by atoms with Gasteiger partial charge in [-0.05, 0) is 26.2 Å². The van der Waals surface area contributed by atoms with Crippen molar-refractivity contribution in [2.75, 3.05) is 0 Å². The van der Waals surface area contributed by atoms with E-state index in [4.69, 9.17) is 16.9 Å². The Morgan fingerprint density at radius 3 is 2.67 bits per heavy atom. The highest BCUT2D eigenvalue weighted by atomic mass is 35.5. The first-order valence-electron chi connectivity index (χ1n) is 3.22. The summed E-state index contributed by atoms with van der Waals surface area (Å²) in [4.78, 5) is 0. The highest BCUT2D eigenvalue weighted by molar-refractivity contribution is 6.20. The molecule has 0 aromatic heterocycles. The van der Waals surface area contributed by atoms with Crippen LogP contribution >= 0.6 is 11.6 Å². The Kier molecular flexibility index (Phi) is 1.68. The van der Waals surface area contributed by atoms with Crippen molar-refractivity contribution in [1.82, 2.24) is 0 Å². The number of nitrogens with zero attached hydrogens (tertiary/aromatic N) is 1. The molecule has 0 radical (unpaired) electrons. The van der Waals surface area contributed by atoms with Crippen LogP contribution in [-0.2, 0) is 0 Å². The normalized spacial score (nSPS) is 42.6. The molecule has 1 fully saturated rings. The summed E-state index contributed by atoms with van der Waals surface area (Å²) in [7, 11) is 0. The molecule has 0 saturated heterocycles. The third-order valence-corrected chi connectivity index (χ3v) is 2.32. The lowest BCUT2D eigenvalue weighted by atomic mass is 9.91. The van der Waals surface area contributed by atoms with Crippen LogP contribution in [0.15, 0.2) is 0 Å². The van der Waals surface area contributed by atoms with Crippen LogP contribution in [0.3, 0.4) is 0 Å². The van der Waals surface area contributed by atoms with Gasteiger partial charge in [-0.15, -0.1) is 11.6 Å². The average molecular weight is 144 g/mol. The van der Waals surface area contributed by atoms with Gasteiger partial charge in [0, 0.05) is 5.38 Å². The van der Waals surface area contributed by atoms with Crippen molar-refractivity contribution >= 4 is 11.6 Å². The molecule has 0 aromatic rings. The van der Waals surface area contributed by atoms with Gasteiger partial charge in [0.1, 0.15) is 0 Å². The fourth-order valence-electron chi connectivity index (χ4n) is 1.27. The predicted octanol–water partition coefficient (Wildman–Crippen LogP) is 2.31. The Bertz CT molecular complexity index is 149. The molecule has 0 amide bonds. The van der Waals surface area contributed by atoms with E-state index in [1.807, 2.05) is 6.92 Å². The standard InChI is InChI=1S/C7H10ClN/c1-7(5-9)3-2-6(8)4-7/h6H,2-4H2,1H3. The molecular weight excluding hydrogens is 134 g/mol. The minimum atomic E-state index is -0.119. The molecule has 2 heteroatoms. The third-order valence-electron chi connectivity index (χ3n) is 1.95. The van der Waals surface area contributed by atoms with E-state index in [-0.39, 0.29) is 10.8 Å². The van der Waals surface area contributed by atoms with Gasteiger partial charge in [-0.2, -0.15) is 5.26 Å². The van der Waals surface area contributed by atoms with Crippen LogP contribution in [0.2, 0.25) is 0 Å². The van der Waals surface area contributed by atoms with Crippen LogP contribution in [0.5, 0.6) is 0 Å². The van der Waals surface area contributed by atoms with Crippen molar-refractivity contribution in [3.05, 3.63) is 0 Å². The Balaban J connectivity index is 2.58. The van der Waals surface area contributed by atoms with Crippen LogP contribution in [0.25, 0.3) is 0 Å². The Morgan fingerprint density at radius 2 is 2.44 bits per heavy atom. The van der Waals surface area contributed by atoms with Gasteiger partial charge in [-0.1, -0.05) is 0 Å². The second-order valence-electron chi connectivity index (χ2n) is 3.01. The maximum absolute atomic E-state index is 8.63. The first-order valence-corrected chi connectivity index (χ1v) is 3.65. The minimum absolute atomic E-state index is 0.119. The third kappa shape index (κ3) is 1.37. The molecule has 0 heterocycles. The van der Waals surface area contributed by atoms with E-state index in [0.717, 1.165) is 19.3 Å². The lowest BCUT2D eigenvalue weighted by Crippen LogP contribution is -2.07. The molecule has 0 aromatic carbocycles. The zero-order chi connectivity index (χ0) is 6.91. The first-order chi connectivity index (χ1) is 4.16. The van der Waals surface area contributed by atoms with Crippen LogP contribution in [-0.4, -0.2) is 5.38 Å². The SMILES string of the molecule is CC1(C#N)CCC(Cl)C1. The average Bonchev–Trinajstić information content (AvgIpc) is 2.13. The van der Waals surface area contributed by atoms with Crippen LogP contribution < -0.4 is 0 Å². The van der Waals surface area contributed by atoms with Gasteiger partial charge in [0.25, 0.3) is 0 Å². The molecule has 0 aliphatic heterocycles. The molecule has 1 saturated carbocycles. The molecule has 1 nitrogen and oxygen atoms in total. The number of hydrogen-bond acceptors (Lipinski definition) is 1. The number of rotatable bonds is 0. The highest BCUT2D eigenvalue weighted by Crippen LogP contribution is 2.39. The van der Waals surface area contributed by atoms with E-state index in [0.29, 0.717) is 0 Å². The number of hydrogen-bond donors (Lipinski definition) is 0. The quantitative estimate of drug-likeness (QED) is 0.478. The summed E-state index contributed by atoms with van der Waals surface area (Å²) in [6.45, 7) is 1.98. The van der Waals surface area contributed by atoms with Crippen molar-refractivity contribution in [1.29, 1.82) is 5.26 Å². The van der Waals surface area contributed by atoms with Crippen molar-refractivity contribution in [2.24, 2.45) is 5.41 Å². The summed E-state index contributed by atoms with van der Waals surface area (Å²) in [5.41, 5.74) is -0.119. The molecule has 0 N–H and O–H groups in total. The number of alkyl halides is 1. The molecule has 1 rings (SSSR count). The zero-order valence-electron chi connectivity index (χ0n) is 5.52. The number of halogens is 1. The van der Waals surface area contributed by atoms with Gasteiger partial charge in [-0.3, -0.25) is 0 Å². The topological polar surface area (TPSA) is 23.8 Å². The summed E-state index contributed by atoms with van der Waals surface area (Å²) in [6, 6.07) is 2.29. The minimum Gasteiger partial charge on any atom is -0.198 e. The van der Waals surface area contributed by atoms with Crippen molar-refractivity contribution in [3.63, 3.8) is 0 Å². The lowest BCUT2D eigenvalue weighted by molar-refractivity contribution is 0.462. The maximum atomic E-state index is 8.63. The summed E-state index contributed by atoms with van der Waals surface area (Å²) in [5, 5.41) is 8.88. The summed E-state index contributed by atoms with van der Waals surface area (Å²) in [5.74, 6) is 0. The maximum Gasteiger partial charge on any atom is 0.0687 e. The Morgan fingerprint density at radius 1 is 1.78 bits per heavy atom. The van der Waals surface area contributed by atoms with E-state index in [2.05, 4.69) is 6.07 Å². The summed E-state index contributed by atoms with van der Waals surface area (Å²) < 4.78 is 0. The fourth-order valence-corrected chi connectivity index (χ4v) is 1.72. The molecule has 9 heavy (non-hydrogen) atoms. The molecule has 1 aliphatic rings. The monoisotopic (exact) mass is 143 g/mol. The predicted molar refractivity (Wildman–Crippen MR) is 37.2 cm³/mol. The molecule has 2 unspecified atom stereocenters. The largest absolute Gasteiger partial charge is 0.198 e. The van der Waals surface area contributed by atoms with Crippen LogP contribution in [0.4, 0.5) is 0 Å². The van der Waals surface area contributed by atoms with Gasteiger partial charge < -0.3 is 0 Å². The molecule has 1 aliphatic carbocycles. The lowest BCUT2D eigenvalue weighted by Gasteiger charge is -2.10. The number of nitriles is 1. The second-order valence-corrected chi connectivity index (χ2v) is 3.63.